The Hall–Kier alpha value is -0.610. The second kappa shape index (κ2) is 6.90. The van der Waals surface area contributed by atoms with Crippen LogP contribution in [0.15, 0.2) is 0 Å². The Bertz CT molecular complexity index is 314. The van der Waals surface area contributed by atoms with Gasteiger partial charge >= 0.3 is 5.97 Å². The number of nitrogens with zero attached hydrogens (tertiary/aromatic N) is 2. The van der Waals surface area contributed by atoms with Gasteiger partial charge in [0.25, 0.3) is 0 Å². The summed E-state index contributed by atoms with van der Waals surface area (Å²) in [5.74, 6) is -0.632. The molecule has 0 aromatic carbocycles. The highest BCUT2D eigenvalue weighted by molar-refractivity contribution is 5.68. The molecule has 2 aliphatic rings. The normalized spacial score (nSPS) is 25.6. The molecular weight excluding hydrogens is 252 g/mol. The average Bonchev–Trinajstić information content (AvgIpc) is 2.67. The number of carboxylic acid groups (broad SMARTS) is 1. The van der Waals surface area contributed by atoms with Gasteiger partial charge in [-0.15, -0.1) is 0 Å². The van der Waals surface area contributed by atoms with E-state index in [1.165, 1.54) is 25.7 Å². The smallest absolute Gasteiger partial charge is 0.305 e. The monoisotopic (exact) mass is 282 g/mol. The van der Waals surface area contributed by atoms with Crippen molar-refractivity contribution in [1.82, 2.24) is 9.80 Å². The maximum Gasteiger partial charge on any atom is 0.305 e. The van der Waals surface area contributed by atoms with E-state index in [0.717, 1.165) is 39.0 Å². The summed E-state index contributed by atoms with van der Waals surface area (Å²) >= 11 is 0. The first-order valence-corrected chi connectivity index (χ1v) is 8.24. The molecule has 1 N–H and O–H groups in total. The van der Waals surface area contributed by atoms with Crippen molar-refractivity contribution in [2.24, 2.45) is 0 Å². The van der Waals surface area contributed by atoms with Gasteiger partial charge in [-0.1, -0.05) is 12.8 Å². The molecule has 2 aliphatic heterocycles. The lowest BCUT2D eigenvalue weighted by Crippen LogP contribution is -2.57. The van der Waals surface area contributed by atoms with E-state index in [1.807, 2.05) is 0 Å². The lowest BCUT2D eigenvalue weighted by molar-refractivity contribution is -0.142. The molecule has 2 heterocycles. The zero-order chi connectivity index (χ0) is 14.6. The summed E-state index contributed by atoms with van der Waals surface area (Å²) in [5, 5.41) is 9.37. The van der Waals surface area contributed by atoms with Crippen LogP contribution in [0.4, 0.5) is 0 Å². The molecule has 20 heavy (non-hydrogen) atoms. The average molecular weight is 282 g/mol. The van der Waals surface area contributed by atoms with Crippen molar-refractivity contribution in [2.45, 2.75) is 70.4 Å². The van der Waals surface area contributed by atoms with Crippen LogP contribution in [0.5, 0.6) is 0 Å². The van der Waals surface area contributed by atoms with E-state index in [4.69, 9.17) is 0 Å². The fourth-order valence-electron chi connectivity index (χ4n) is 3.89. The summed E-state index contributed by atoms with van der Waals surface area (Å²) in [5.41, 5.74) is -0.0818. The second-order valence-corrected chi connectivity index (χ2v) is 6.83. The summed E-state index contributed by atoms with van der Waals surface area (Å²) in [6.07, 6.45) is 7.41. The number of likely N-dealkylation sites (tertiary alicyclic amines) is 2. The number of piperidine rings is 1. The molecule has 4 heteroatoms. The second-order valence-electron chi connectivity index (χ2n) is 6.83. The van der Waals surface area contributed by atoms with Gasteiger partial charge in [-0.25, -0.2) is 0 Å². The minimum absolute atomic E-state index is 0.0818. The predicted molar refractivity (Wildman–Crippen MR) is 81.0 cm³/mol. The zero-order valence-corrected chi connectivity index (χ0v) is 13.1. The van der Waals surface area contributed by atoms with Crippen molar-refractivity contribution >= 4 is 5.97 Å². The summed E-state index contributed by atoms with van der Waals surface area (Å²) in [6.45, 7) is 8.74. The molecule has 2 rings (SSSR count). The van der Waals surface area contributed by atoms with Crippen LogP contribution in [0.25, 0.3) is 0 Å². The molecule has 0 unspecified atom stereocenters. The lowest BCUT2D eigenvalue weighted by Gasteiger charge is -2.49. The van der Waals surface area contributed by atoms with Gasteiger partial charge in [-0.2, -0.15) is 0 Å². The highest BCUT2D eigenvalue weighted by Crippen LogP contribution is 2.34. The van der Waals surface area contributed by atoms with E-state index in [2.05, 4.69) is 23.6 Å². The Morgan fingerprint density at radius 3 is 2.05 bits per heavy atom. The van der Waals surface area contributed by atoms with Gasteiger partial charge in [0.15, 0.2) is 0 Å². The number of hydrogen-bond acceptors (Lipinski definition) is 3. The number of aliphatic carboxylic acids is 1. The van der Waals surface area contributed by atoms with Gasteiger partial charge in [-0.05, 0) is 52.6 Å². The predicted octanol–water partition coefficient (Wildman–Crippen LogP) is 2.58. The van der Waals surface area contributed by atoms with Crippen molar-refractivity contribution in [3.8, 4) is 0 Å². The number of rotatable bonds is 4. The van der Waals surface area contributed by atoms with E-state index in [0.29, 0.717) is 12.5 Å². The van der Waals surface area contributed by atoms with Crippen LogP contribution in [0.2, 0.25) is 0 Å². The van der Waals surface area contributed by atoms with Crippen molar-refractivity contribution in [3.05, 3.63) is 0 Å². The maximum absolute atomic E-state index is 11.4. The van der Waals surface area contributed by atoms with E-state index in [9.17, 15) is 9.90 Å². The molecule has 0 radical (unpaired) electrons. The van der Waals surface area contributed by atoms with Gasteiger partial charge in [0.05, 0.1) is 6.42 Å². The molecule has 0 aromatic rings. The largest absolute Gasteiger partial charge is 0.481 e. The summed E-state index contributed by atoms with van der Waals surface area (Å²) in [6, 6.07) is 0.571. The van der Waals surface area contributed by atoms with Crippen LogP contribution in [-0.4, -0.2) is 58.6 Å². The zero-order valence-electron chi connectivity index (χ0n) is 13.1. The fraction of sp³-hybridized carbons (Fsp3) is 0.938. The third-order valence-corrected chi connectivity index (χ3v) is 5.22. The molecular formula is C16H30N2O2. The number of carboxylic acids is 1. The van der Waals surface area contributed by atoms with Crippen LogP contribution in [0.1, 0.15) is 58.8 Å². The van der Waals surface area contributed by atoms with Crippen LogP contribution in [0, 0.1) is 0 Å². The first kappa shape index (κ1) is 15.8. The fourth-order valence-corrected chi connectivity index (χ4v) is 3.89. The minimum atomic E-state index is -0.632. The Kier molecular flexibility index (Phi) is 5.44. The first-order valence-electron chi connectivity index (χ1n) is 8.24. The van der Waals surface area contributed by atoms with Crippen LogP contribution in [-0.2, 0) is 4.79 Å². The topological polar surface area (TPSA) is 43.8 Å². The molecule has 0 aliphatic carbocycles. The Morgan fingerprint density at radius 1 is 1.05 bits per heavy atom. The summed E-state index contributed by atoms with van der Waals surface area (Å²) < 4.78 is 0. The molecule has 0 amide bonds. The van der Waals surface area contributed by atoms with Crippen LogP contribution >= 0.6 is 0 Å². The molecule has 0 atom stereocenters. The molecule has 0 bridgehead atoms. The molecule has 4 nitrogen and oxygen atoms in total. The van der Waals surface area contributed by atoms with E-state index in [1.54, 1.807) is 0 Å². The quantitative estimate of drug-likeness (QED) is 0.860. The lowest BCUT2D eigenvalue weighted by atomic mass is 9.82. The van der Waals surface area contributed by atoms with Gasteiger partial charge in [0.2, 0.25) is 0 Å². The minimum Gasteiger partial charge on any atom is -0.481 e. The van der Waals surface area contributed by atoms with E-state index < -0.39 is 5.97 Å². The Balaban J connectivity index is 2.08. The van der Waals surface area contributed by atoms with Gasteiger partial charge in [0.1, 0.15) is 0 Å². The third kappa shape index (κ3) is 3.73. The first-order chi connectivity index (χ1) is 9.53. The Morgan fingerprint density at radius 2 is 1.60 bits per heavy atom. The highest BCUT2D eigenvalue weighted by atomic mass is 16.4. The Labute approximate surface area is 123 Å². The van der Waals surface area contributed by atoms with Crippen molar-refractivity contribution in [2.75, 3.05) is 26.2 Å². The standard InChI is InChI=1S/C16H30N2O2/c1-14(2)17-11-7-16(8-12-17,13-15(19)20)18-9-5-3-4-6-10-18/h14H,3-13H2,1-2H3,(H,19,20). The van der Waals surface area contributed by atoms with E-state index in [-0.39, 0.29) is 5.54 Å². The SMILES string of the molecule is CC(C)N1CCC(CC(=O)O)(N2CCCCCC2)CC1. The number of hydrogen-bond donors (Lipinski definition) is 1. The number of carbonyl (C=O) groups is 1. The summed E-state index contributed by atoms with van der Waals surface area (Å²) in [4.78, 5) is 16.4. The third-order valence-electron chi connectivity index (χ3n) is 5.22. The highest BCUT2D eigenvalue weighted by Gasteiger charge is 2.41. The van der Waals surface area contributed by atoms with Gasteiger partial charge in [0, 0.05) is 24.7 Å². The van der Waals surface area contributed by atoms with Gasteiger partial charge in [-0.3, -0.25) is 9.69 Å². The molecule has 2 fully saturated rings. The van der Waals surface area contributed by atoms with Crippen molar-refractivity contribution in [1.29, 1.82) is 0 Å². The molecule has 0 aromatic heterocycles. The van der Waals surface area contributed by atoms with Crippen molar-refractivity contribution < 1.29 is 9.90 Å². The molecule has 0 spiro atoms. The molecule has 0 saturated carbocycles. The van der Waals surface area contributed by atoms with Crippen LogP contribution < -0.4 is 0 Å². The molecule has 2 saturated heterocycles. The van der Waals surface area contributed by atoms with Crippen molar-refractivity contribution in [3.63, 3.8) is 0 Å². The summed E-state index contributed by atoms with van der Waals surface area (Å²) in [7, 11) is 0. The maximum atomic E-state index is 11.4. The van der Waals surface area contributed by atoms with E-state index >= 15 is 0 Å². The molecule has 116 valence electrons. The van der Waals surface area contributed by atoms with Crippen LogP contribution in [0.3, 0.4) is 0 Å². The van der Waals surface area contributed by atoms with Gasteiger partial charge < -0.3 is 10.0 Å².